The summed E-state index contributed by atoms with van der Waals surface area (Å²) in [6.07, 6.45) is 0. The molecule has 0 atom stereocenters. The van der Waals surface area contributed by atoms with Gasteiger partial charge in [-0.05, 0) is 89.3 Å². The molecule has 1 aliphatic carbocycles. The van der Waals surface area contributed by atoms with Crippen LogP contribution in [0.5, 0.6) is 0 Å². The van der Waals surface area contributed by atoms with Crippen molar-refractivity contribution in [1.29, 1.82) is 5.26 Å². The normalized spacial score (nSPS) is 11.3. The molecule has 0 aliphatic heterocycles. The van der Waals surface area contributed by atoms with Crippen molar-refractivity contribution in [3.63, 3.8) is 0 Å². The summed E-state index contributed by atoms with van der Waals surface area (Å²) in [6.45, 7) is 7.40. The van der Waals surface area contributed by atoms with Gasteiger partial charge in [0, 0.05) is 0 Å². The van der Waals surface area contributed by atoms with E-state index in [9.17, 15) is 5.26 Å². The third kappa shape index (κ3) is 3.50. The second-order valence-corrected chi connectivity index (χ2v) is 10.7. The fraction of sp³-hybridized carbons (Fsp3) is 0. The third-order valence-corrected chi connectivity index (χ3v) is 8.50. The van der Waals surface area contributed by atoms with Gasteiger partial charge in [-0.15, -0.1) is 0 Å². The average Bonchev–Trinajstić information content (AvgIpc) is 3.40. The molecule has 42 heavy (non-hydrogen) atoms. The Labute approximate surface area is 244 Å². The highest BCUT2D eigenvalue weighted by molar-refractivity contribution is 6.24. The molecule has 0 N–H and O–H groups in total. The van der Waals surface area contributed by atoms with E-state index in [1.807, 2.05) is 36.4 Å². The van der Waals surface area contributed by atoms with Crippen molar-refractivity contribution in [1.82, 2.24) is 0 Å². The van der Waals surface area contributed by atoms with Crippen molar-refractivity contribution >= 4 is 27.2 Å². The molecule has 0 saturated heterocycles. The average molecular weight is 531 g/mol. The van der Waals surface area contributed by atoms with Crippen LogP contribution in [0.3, 0.4) is 0 Å². The molecule has 0 fully saturated rings. The van der Waals surface area contributed by atoms with Gasteiger partial charge in [0.25, 0.3) is 0 Å². The van der Waals surface area contributed by atoms with Crippen molar-refractivity contribution in [3.05, 3.63) is 150 Å². The first-order valence-electron chi connectivity index (χ1n) is 14.0. The first kappa shape index (κ1) is 23.9. The van der Waals surface area contributed by atoms with E-state index in [2.05, 4.69) is 108 Å². The lowest BCUT2D eigenvalue weighted by Gasteiger charge is -2.16. The lowest BCUT2D eigenvalue weighted by Crippen LogP contribution is -1.90. The van der Waals surface area contributed by atoms with Gasteiger partial charge in [-0.2, -0.15) is 5.26 Å². The summed E-state index contributed by atoms with van der Waals surface area (Å²) in [7, 11) is 0. The van der Waals surface area contributed by atoms with Gasteiger partial charge in [0.15, 0.2) is 5.69 Å². The molecule has 0 heterocycles. The van der Waals surface area contributed by atoms with Crippen molar-refractivity contribution in [2.75, 3.05) is 0 Å². The predicted molar refractivity (Wildman–Crippen MR) is 173 cm³/mol. The van der Waals surface area contributed by atoms with Crippen LogP contribution in [0.4, 0.5) is 5.69 Å². The molecule has 2 heteroatoms. The van der Waals surface area contributed by atoms with Gasteiger partial charge in [0.05, 0.1) is 18.2 Å². The van der Waals surface area contributed by atoms with E-state index in [0.717, 1.165) is 22.3 Å². The van der Waals surface area contributed by atoms with Gasteiger partial charge >= 0.3 is 0 Å². The Balaban J connectivity index is 1.44. The minimum absolute atomic E-state index is 0.634. The molecule has 7 aromatic carbocycles. The number of hydrogen-bond acceptors (Lipinski definition) is 1. The van der Waals surface area contributed by atoms with Crippen LogP contribution in [-0.2, 0) is 0 Å². The Morgan fingerprint density at radius 2 is 1.00 bits per heavy atom. The van der Waals surface area contributed by atoms with Gasteiger partial charge in [0.1, 0.15) is 0 Å². The van der Waals surface area contributed by atoms with E-state index >= 15 is 0 Å². The summed E-state index contributed by atoms with van der Waals surface area (Å²) in [5, 5.41) is 14.4. The van der Waals surface area contributed by atoms with Crippen LogP contribution in [0.15, 0.2) is 133 Å². The van der Waals surface area contributed by atoms with E-state index in [0.29, 0.717) is 11.3 Å². The van der Waals surface area contributed by atoms with Gasteiger partial charge in [-0.3, -0.25) is 0 Å². The summed E-state index contributed by atoms with van der Waals surface area (Å²) < 4.78 is 0. The predicted octanol–water partition coefficient (Wildman–Crippen LogP) is 11.1. The Bertz CT molecular complexity index is 2200. The standard InChI is InChI=1S/C40H22N2/c1-42-29-18-16-28(17-19-29)32-21-20-31(27-14-12-25(24-41)13-15-27)40-37-23-22-34(35-10-5-11-36(38(35)37)39(32)40)33-9-4-7-26-6-2-3-8-30(26)33/h2-23H. The van der Waals surface area contributed by atoms with E-state index in [-0.39, 0.29) is 0 Å². The second-order valence-electron chi connectivity index (χ2n) is 10.7. The minimum atomic E-state index is 0.634. The van der Waals surface area contributed by atoms with Crippen molar-refractivity contribution in [3.8, 4) is 61.7 Å². The molecule has 192 valence electrons. The van der Waals surface area contributed by atoms with Crippen LogP contribution >= 0.6 is 0 Å². The molecule has 0 amide bonds. The van der Waals surface area contributed by atoms with Crippen LogP contribution in [0.1, 0.15) is 5.56 Å². The summed E-state index contributed by atoms with van der Waals surface area (Å²) in [5.41, 5.74) is 13.1. The number of fused-ring (bicyclic) bond motifs is 4. The molecular formula is C40H22N2. The number of rotatable bonds is 3. The highest BCUT2D eigenvalue weighted by atomic mass is 14.6. The zero-order chi connectivity index (χ0) is 28.2. The van der Waals surface area contributed by atoms with Crippen molar-refractivity contribution in [2.24, 2.45) is 0 Å². The number of benzene rings is 7. The van der Waals surface area contributed by atoms with Crippen molar-refractivity contribution < 1.29 is 0 Å². The number of nitrogens with zero attached hydrogens (tertiary/aromatic N) is 2. The quantitative estimate of drug-likeness (QED) is 0.209. The van der Waals surface area contributed by atoms with Gasteiger partial charge in [-0.25, -0.2) is 4.85 Å². The minimum Gasteiger partial charge on any atom is -0.238 e. The maximum absolute atomic E-state index is 9.39. The molecule has 0 aromatic heterocycles. The van der Waals surface area contributed by atoms with Crippen LogP contribution in [0, 0.1) is 17.9 Å². The largest absolute Gasteiger partial charge is 0.238 e. The van der Waals surface area contributed by atoms with E-state index < -0.39 is 0 Å². The molecule has 0 radical (unpaired) electrons. The smallest absolute Gasteiger partial charge is 0.187 e. The number of hydrogen-bond donors (Lipinski definition) is 0. The molecular weight excluding hydrogens is 508 g/mol. The first-order valence-corrected chi connectivity index (χ1v) is 14.0. The Hall–Kier alpha value is -5.96. The molecule has 1 aliphatic rings. The molecule has 8 rings (SSSR count). The molecule has 0 spiro atoms. The van der Waals surface area contributed by atoms with Gasteiger partial charge in [-0.1, -0.05) is 121 Å². The number of nitriles is 1. The van der Waals surface area contributed by atoms with Crippen molar-refractivity contribution in [2.45, 2.75) is 0 Å². The van der Waals surface area contributed by atoms with E-state index in [1.165, 1.54) is 54.9 Å². The van der Waals surface area contributed by atoms with Crippen LogP contribution in [-0.4, -0.2) is 0 Å². The molecule has 2 nitrogen and oxygen atoms in total. The lowest BCUT2D eigenvalue weighted by molar-refractivity contribution is 1.48. The zero-order valence-electron chi connectivity index (χ0n) is 22.6. The topological polar surface area (TPSA) is 28.1 Å². The first-order chi connectivity index (χ1) is 20.7. The van der Waals surface area contributed by atoms with E-state index in [4.69, 9.17) is 6.57 Å². The van der Waals surface area contributed by atoms with Gasteiger partial charge in [0.2, 0.25) is 0 Å². The highest BCUT2D eigenvalue weighted by Gasteiger charge is 2.28. The monoisotopic (exact) mass is 530 g/mol. The summed E-state index contributed by atoms with van der Waals surface area (Å²) >= 11 is 0. The molecule has 7 aromatic rings. The molecule has 0 bridgehead atoms. The van der Waals surface area contributed by atoms with Crippen LogP contribution in [0.25, 0.3) is 82.0 Å². The second kappa shape index (κ2) is 9.31. The summed E-state index contributed by atoms with van der Waals surface area (Å²) in [6, 6.07) is 48.7. The fourth-order valence-electron chi connectivity index (χ4n) is 6.60. The summed E-state index contributed by atoms with van der Waals surface area (Å²) in [4.78, 5) is 3.60. The van der Waals surface area contributed by atoms with E-state index in [1.54, 1.807) is 0 Å². The maximum Gasteiger partial charge on any atom is 0.187 e. The summed E-state index contributed by atoms with van der Waals surface area (Å²) in [5.74, 6) is 0. The highest BCUT2D eigenvalue weighted by Crippen LogP contribution is 2.56. The zero-order valence-corrected chi connectivity index (χ0v) is 22.6. The third-order valence-electron chi connectivity index (χ3n) is 8.50. The Morgan fingerprint density at radius 1 is 0.476 bits per heavy atom. The van der Waals surface area contributed by atoms with Gasteiger partial charge < -0.3 is 0 Å². The Kier molecular flexibility index (Phi) is 5.29. The SMILES string of the molecule is [C-]#[N+]c1ccc(-c2ccc(-c3ccc(C#N)cc3)c3c2-c2cccc4c(-c5cccc6ccccc56)ccc-3c24)cc1. The lowest BCUT2D eigenvalue weighted by atomic mass is 9.87. The van der Waals surface area contributed by atoms with Crippen LogP contribution in [0.2, 0.25) is 0 Å². The maximum atomic E-state index is 9.39. The molecule has 0 saturated carbocycles. The Morgan fingerprint density at radius 3 is 1.71 bits per heavy atom. The fourth-order valence-corrected chi connectivity index (χ4v) is 6.60. The molecule has 0 unspecified atom stereocenters. The van der Waals surface area contributed by atoms with Crippen LogP contribution < -0.4 is 0 Å².